The van der Waals surface area contributed by atoms with Crippen molar-refractivity contribution in [2.24, 2.45) is 5.41 Å². The summed E-state index contributed by atoms with van der Waals surface area (Å²) in [6.07, 6.45) is 6.26. The number of hydrogen-bond donors (Lipinski definition) is 0. The lowest BCUT2D eigenvalue weighted by Crippen LogP contribution is -2.61. The van der Waals surface area contributed by atoms with Gasteiger partial charge < -0.3 is 9.45 Å². The highest BCUT2D eigenvalue weighted by Gasteiger charge is 2.53. The molecule has 2 atom stereocenters. The molecule has 0 aromatic heterocycles. The maximum absolute atomic E-state index is 12.7. The van der Waals surface area contributed by atoms with Crippen LogP contribution in [0.3, 0.4) is 0 Å². The van der Waals surface area contributed by atoms with E-state index in [-0.39, 0.29) is 5.25 Å². The van der Waals surface area contributed by atoms with Crippen LogP contribution in [0.1, 0.15) is 52.0 Å². The lowest BCUT2D eigenvalue weighted by molar-refractivity contribution is -0.0377. The van der Waals surface area contributed by atoms with E-state index in [0.29, 0.717) is 11.5 Å². The topological polar surface area (TPSA) is 29.5 Å². The van der Waals surface area contributed by atoms with Crippen molar-refractivity contribution in [1.82, 2.24) is 9.21 Å². The highest BCUT2D eigenvalue weighted by Crippen LogP contribution is 2.52. The molecule has 1 heterocycles. The molecule has 1 aliphatic heterocycles. The molecule has 1 aromatic rings. The van der Waals surface area contributed by atoms with E-state index in [2.05, 4.69) is 60.3 Å². The molecule has 1 saturated carbocycles. The standard InChI is InChI=1S/C21H34N2OS/c1-4-23(25(24)18(2)3)20-10-12-21(20)13-16-22(17-14-21)15-11-19-8-6-5-7-9-19/h5-9,18,20H,4,10-17H2,1-3H3/t20-,25?/m0/s1. The Labute approximate surface area is 157 Å². The van der Waals surface area contributed by atoms with Crippen molar-refractivity contribution >= 4 is 11.4 Å². The lowest BCUT2D eigenvalue weighted by Gasteiger charge is -2.56. The molecule has 0 radical (unpaired) electrons. The van der Waals surface area contributed by atoms with Gasteiger partial charge in [0.2, 0.25) is 0 Å². The van der Waals surface area contributed by atoms with Gasteiger partial charge in [-0.05, 0) is 76.9 Å². The first-order chi connectivity index (χ1) is 12.1. The Bertz CT molecular complexity index is 528. The van der Waals surface area contributed by atoms with E-state index in [0.717, 1.165) is 13.0 Å². The predicted octanol–water partition coefficient (Wildman–Crippen LogP) is 3.87. The first-order valence-corrected chi connectivity index (χ1v) is 11.2. The normalized spacial score (nSPS) is 24.6. The third kappa shape index (κ3) is 4.24. The highest BCUT2D eigenvalue weighted by molar-refractivity contribution is 7.89. The van der Waals surface area contributed by atoms with Crippen molar-refractivity contribution in [2.75, 3.05) is 26.2 Å². The smallest absolute Gasteiger partial charge is 0.130 e. The van der Waals surface area contributed by atoms with Crippen molar-refractivity contribution < 1.29 is 4.55 Å². The molecule has 0 N–H and O–H groups in total. The minimum Gasteiger partial charge on any atom is -0.598 e. The van der Waals surface area contributed by atoms with Crippen LogP contribution < -0.4 is 0 Å². The zero-order valence-electron chi connectivity index (χ0n) is 16.1. The molecule has 0 bridgehead atoms. The van der Waals surface area contributed by atoms with Crippen LogP contribution in [0, 0.1) is 5.41 Å². The van der Waals surface area contributed by atoms with Gasteiger partial charge in [-0.15, -0.1) is 4.31 Å². The largest absolute Gasteiger partial charge is 0.598 e. The summed E-state index contributed by atoms with van der Waals surface area (Å²) in [6.45, 7) is 10.8. The number of hydrogen-bond acceptors (Lipinski definition) is 3. The summed E-state index contributed by atoms with van der Waals surface area (Å²) in [4.78, 5) is 2.63. The summed E-state index contributed by atoms with van der Waals surface area (Å²) in [5.74, 6) is 0. The Balaban J connectivity index is 1.52. The summed E-state index contributed by atoms with van der Waals surface area (Å²) in [5.41, 5.74) is 1.87. The molecule has 1 aliphatic carbocycles. The second-order valence-electron chi connectivity index (χ2n) is 8.05. The minimum absolute atomic E-state index is 0.226. The maximum Gasteiger partial charge on any atom is 0.130 e. The number of piperidine rings is 1. The molecule has 1 saturated heterocycles. The van der Waals surface area contributed by atoms with E-state index in [1.165, 1.54) is 50.9 Å². The SMILES string of the molecule is CCN([C@H]1CCC12CCN(CCc1ccccc1)CC2)[S+]([O-])C(C)C. The van der Waals surface area contributed by atoms with Crippen LogP contribution in [0.4, 0.5) is 0 Å². The Morgan fingerprint density at radius 1 is 1.20 bits per heavy atom. The third-order valence-corrected chi connectivity index (χ3v) is 8.11. The van der Waals surface area contributed by atoms with Gasteiger partial charge >= 0.3 is 0 Å². The summed E-state index contributed by atoms with van der Waals surface area (Å²) < 4.78 is 15.0. The molecule has 1 aromatic carbocycles. The van der Waals surface area contributed by atoms with Crippen LogP contribution in [0.2, 0.25) is 0 Å². The van der Waals surface area contributed by atoms with E-state index in [9.17, 15) is 4.55 Å². The molecular formula is C21H34N2OS. The van der Waals surface area contributed by atoms with Crippen LogP contribution in [0.5, 0.6) is 0 Å². The van der Waals surface area contributed by atoms with E-state index >= 15 is 0 Å². The van der Waals surface area contributed by atoms with Crippen molar-refractivity contribution in [3.63, 3.8) is 0 Å². The van der Waals surface area contributed by atoms with Gasteiger partial charge in [0.25, 0.3) is 0 Å². The second kappa shape index (κ2) is 8.43. The Morgan fingerprint density at radius 2 is 1.88 bits per heavy atom. The fraction of sp³-hybridized carbons (Fsp3) is 0.714. The van der Waals surface area contributed by atoms with Gasteiger partial charge in [0.1, 0.15) is 5.25 Å². The van der Waals surface area contributed by atoms with Gasteiger partial charge in [0.15, 0.2) is 0 Å². The molecule has 1 unspecified atom stereocenters. The molecule has 4 heteroatoms. The molecule has 2 fully saturated rings. The molecule has 25 heavy (non-hydrogen) atoms. The maximum atomic E-state index is 12.7. The van der Waals surface area contributed by atoms with E-state index in [1.54, 1.807) is 0 Å². The number of nitrogens with zero attached hydrogens (tertiary/aromatic N) is 2. The average Bonchev–Trinajstić information content (AvgIpc) is 2.64. The van der Waals surface area contributed by atoms with Crippen molar-refractivity contribution in [3.05, 3.63) is 35.9 Å². The number of likely N-dealkylation sites (tertiary alicyclic amines) is 1. The van der Waals surface area contributed by atoms with Gasteiger partial charge in [-0.3, -0.25) is 0 Å². The Morgan fingerprint density at radius 3 is 2.40 bits per heavy atom. The third-order valence-electron chi connectivity index (χ3n) is 6.33. The van der Waals surface area contributed by atoms with Crippen LogP contribution in [0.15, 0.2) is 30.3 Å². The highest BCUT2D eigenvalue weighted by atomic mass is 32.2. The van der Waals surface area contributed by atoms with Crippen LogP contribution in [0.25, 0.3) is 0 Å². The van der Waals surface area contributed by atoms with Gasteiger partial charge in [0, 0.05) is 24.5 Å². The zero-order chi connectivity index (χ0) is 17.9. The van der Waals surface area contributed by atoms with Crippen molar-refractivity contribution in [2.45, 2.75) is 64.2 Å². The Hall–Kier alpha value is -0.550. The summed E-state index contributed by atoms with van der Waals surface area (Å²) in [6, 6.07) is 11.4. The summed E-state index contributed by atoms with van der Waals surface area (Å²) >= 11 is -0.833. The zero-order valence-corrected chi connectivity index (χ0v) is 16.9. The van der Waals surface area contributed by atoms with Gasteiger partial charge in [-0.25, -0.2) is 0 Å². The quantitative estimate of drug-likeness (QED) is 0.690. The molecule has 140 valence electrons. The first-order valence-electron chi connectivity index (χ1n) is 9.99. The fourth-order valence-electron chi connectivity index (χ4n) is 4.61. The molecule has 0 amide bonds. The number of benzene rings is 1. The van der Waals surface area contributed by atoms with Crippen molar-refractivity contribution in [3.8, 4) is 0 Å². The Kier molecular flexibility index (Phi) is 6.48. The van der Waals surface area contributed by atoms with Crippen LogP contribution in [-0.4, -0.2) is 51.2 Å². The van der Waals surface area contributed by atoms with Crippen LogP contribution in [-0.2, 0) is 17.8 Å². The number of rotatable bonds is 7. The van der Waals surface area contributed by atoms with Crippen LogP contribution >= 0.6 is 0 Å². The van der Waals surface area contributed by atoms with E-state index in [4.69, 9.17) is 0 Å². The molecule has 1 spiro atoms. The lowest BCUT2D eigenvalue weighted by atomic mass is 9.59. The molecule has 3 rings (SSSR count). The first kappa shape index (κ1) is 19.2. The average molecular weight is 363 g/mol. The molecule has 2 aliphatic rings. The van der Waals surface area contributed by atoms with Crippen molar-refractivity contribution in [1.29, 1.82) is 0 Å². The fourth-order valence-corrected chi connectivity index (χ4v) is 5.99. The van der Waals surface area contributed by atoms with E-state index < -0.39 is 11.4 Å². The predicted molar refractivity (Wildman–Crippen MR) is 107 cm³/mol. The van der Waals surface area contributed by atoms with Gasteiger partial charge in [0.05, 0.1) is 6.04 Å². The second-order valence-corrected chi connectivity index (χ2v) is 10.0. The van der Waals surface area contributed by atoms with Gasteiger partial charge in [-0.2, -0.15) is 0 Å². The molecule has 3 nitrogen and oxygen atoms in total. The summed E-state index contributed by atoms with van der Waals surface area (Å²) in [7, 11) is 0. The monoisotopic (exact) mass is 362 g/mol. The van der Waals surface area contributed by atoms with Gasteiger partial charge in [-0.1, -0.05) is 30.3 Å². The summed E-state index contributed by atoms with van der Waals surface area (Å²) in [5, 5.41) is 0.226. The minimum atomic E-state index is -0.833. The molecular weight excluding hydrogens is 328 g/mol. The van der Waals surface area contributed by atoms with E-state index in [1.807, 2.05) is 0 Å².